The van der Waals surface area contributed by atoms with Crippen LogP contribution >= 0.6 is 0 Å². The molecular formula is C54H38N2. The van der Waals surface area contributed by atoms with Crippen LogP contribution in [0.4, 0.5) is 17.1 Å². The molecule has 2 heteroatoms. The van der Waals surface area contributed by atoms with E-state index >= 15 is 0 Å². The van der Waals surface area contributed by atoms with Gasteiger partial charge in [-0.25, -0.2) is 0 Å². The molecule has 9 aromatic carbocycles. The summed E-state index contributed by atoms with van der Waals surface area (Å²) in [7, 11) is 0. The van der Waals surface area contributed by atoms with E-state index in [1.165, 1.54) is 55.2 Å². The van der Waals surface area contributed by atoms with Gasteiger partial charge in [-0.05, 0) is 93.5 Å². The summed E-state index contributed by atoms with van der Waals surface area (Å²) in [6.07, 6.45) is 0. The van der Waals surface area contributed by atoms with Crippen LogP contribution in [-0.4, -0.2) is 4.57 Å². The average molecular weight is 715 g/mol. The van der Waals surface area contributed by atoms with Crippen molar-refractivity contribution in [2.24, 2.45) is 0 Å². The Hall–Kier alpha value is -7.42. The van der Waals surface area contributed by atoms with Crippen molar-refractivity contribution in [1.29, 1.82) is 0 Å². The van der Waals surface area contributed by atoms with Gasteiger partial charge in [0, 0.05) is 33.4 Å². The Bertz CT molecular complexity index is 2870. The monoisotopic (exact) mass is 714 g/mol. The number of anilines is 3. The zero-order chi connectivity index (χ0) is 37.3. The summed E-state index contributed by atoms with van der Waals surface area (Å²) in [5, 5.41) is 2.53. The normalized spacial score (nSPS) is 11.2. The van der Waals surface area contributed by atoms with Gasteiger partial charge in [0.1, 0.15) is 0 Å². The van der Waals surface area contributed by atoms with Crippen LogP contribution in [0.5, 0.6) is 0 Å². The first-order valence-corrected chi connectivity index (χ1v) is 19.2. The maximum Gasteiger partial charge on any atom is 0.0541 e. The highest BCUT2D eigenvalue weighted by atomic mass is 15.1. The minimum Gasteiger partial charge on any atom is -0.310 e. The van der Waals surface area contributed by atoms with Crippen LogP contribution in [0.1, 0.15) is 0 Å². The summed E-state index contributed by atoms with van der Waals surface area (Å²) in [6, 6.07) is 83.0. The van der Waals surface area contributed by atoms with Crippen LogP contribution in [0.2, 0.25) is 0 Å². The molecule has 0 N–H and O–H groups in total. The van der Waals surface area contributed by atoms with E-state index in [0.717, 1.165) is 33.9 Å². The lowest BCUT2D eigenvalue weighted by Crippen LogP contribution is -2.11. The molecule has 0 aliphatic carbocycles. The van der Waals surface area contributed by atoms with Gasteiger partial charge in [0.15, 0.2) is 0 Å². The van der Waals surface area contributed by atoms with Crippen molar-refractivity contribution in [2.45, 2.75) is 0 Å². The Morgan fingerprint density at radius 2 is 0.643 bits per heavy atom. The van der Waals surface area contributed by atoms with Gasteiger partial charge in [-0.2, -0.15) is 0 Å². The molecule has 0 spiro atoms. The van der Waals surface area contributed by atoms with Crippen LogP contribution in [0, 0.1) is 0 Å². The molecule has 0 bridgehead atoms. The molecule has 0 unspecified atom stereocenters. The summed E-state index contributed by atoms with van der Waals surface area (Å²) in [5.74, 6) is 0. The fraction of sp³-hybridized carbons (Fsp3) is 0. The van der Waals surface area contributed by atoms with E-state index < -0.39 is 0 Å². The topological polar surface area (TPSA) is 8.17 Å². The number of rotatable bonds is 8. The Kier molecular flexibility index (Phi) is 8.55. The lowest BCUT2D eigenvalue weighted by atomic mass is 9.94. The van der Waals surface area contributed by atoms with Gasteiger partial charge in [0.05, 0.1) is 16.7 Å². The third-order valence-electron chi connectivity index (χ3n) is 10.8. The molecule has 1 aromatic heterocycles. The van der Waals surface area contributed by atoms with E-state index in [1.807, 2.05) is 0 Å². The lowest BCUT2D eigenvalue weighted by Gasteiger charge is -2.28. The fourth-order valence-corrected chi connectivity index (χ4v) is 8.16. The molecule has 0 aliphatic rings. The number of hydrogen-bond acceptors (Lipinski definition) is 1. The van der Waals surface area contributed by atoms with Crippen molar-refractivity contribution < 1.29 is 0 Å². The number of fused-ring (bicyclic) bond motifs is 3. The van der Waals surface area contributed by atoms with Gasteiger partial charge in [-0.15, -0.1) is 0 Å². The molecule has 0 radical (unpaired) electrons. The summed E-state index contributed by atoms with van der Waals surface area (Å²) >= 11 is 0. The summed E-state index contributed by atoms with van der Waals surface area (Å²) in [6.45, 7) is 0. The largest absolute Gasteiger partial charge is 0.310 e. The van der Waals surface area contributed by atoms with E-state index in [1.54, 1.807) is 0 Å². The van der Waals surface area contributed by atoms with Crippen molar-refractivity contribution >= 4 is 38.9 Å². The molecule has 0 saturated heterocycles. The van der Waals surface area contributed by atoms with Gasteiger partial charge < -0.3 is 9.47 Å². The third kappa shape index (κ3) is 6.04. The maximum absolute atomic E-state index is 2.39. The molecule has 0 saturated carbocycles. The first-order valence-electron chi connectivity index (χ1n) is 19.2. The maximum atomic E-state index is 2.39. The smallest absolute Gasteiger partial charge is 0.0541 e. The standard InChI is InChI=1S/C54H38N2/c1-3-15-39(16-4-1)40-27-33-44(34-28-40)55(45-35-29-42(30-36-45)48-20-8-7-19-47(48)41-17-5-2-6-18-41)52-24-12-9-21-49(52)43-31-37-46(38-32-43)56-53-25-13-10-22-50(53)51-23-11-14-26-54(51)56/h1-38H. The van der Waals surface area contributed by atoms with Crippen LogP contribution in [0.25, 0.3) is 72.0 Å². The molecular weight excluding hydrogens is 677 g/mol. The highest BCUT2D eigenvalue weighted by molar-refractivity contribution is 6.09. The molecule has 2 nitrogen and oxygen atoms in total. The second-order valence-corrected chi connectivity index (χ2v) is 14.1. The Morgan fingerprint density at radius 1 is 0.268 bits per heavy atom. The van der Waals surface area contributed by atoms with Crippen LogP contribution < -0.4 is 4.90 Å². The van der Waals surface area contributed by atoms with Crippen molar-refractivity contribution in [2.75, 3.05) is 4.90 Å². The SMILES string of the molecule is c1ccc(-c2ccc(N(c3ccc(-c4ccccc4-c4ccccc4)cc3)c3ccccc3-c3ccc(-n4c5ccccc5c5ccccc54)cc3)cc2)cc1. The van der Waals surface area contributed by atoms with Gasteiger partial charge in [-0.1, -0.05) is 176 Å². The first kappa shape index (κ1) is 33.2. The molecule has 0 atom stereocenters. The van der Waals surface area contributed by atoms with E-state index in [9.17, 15) is 0 Å². The van der Waals surface area contributed by atoms with Crippen molar-refractivity contribution in [3.63, 3.8) is 0 Å². The van der Waals surface area contributed by atoms with E-state index in [2.05, 4.69) is 240 Å². The molecule has 264 valence electrons. The zero-order valence-corrected chi connectivity index (χ0v) is 30.8. The molecule has 0 fully saturated rings. The Labute approximate surface area is 327 Å². The van der Waals surface area contributed by atoms with Gasteiger partial charge in [-0.3, -0.25) is 0 Å². The average Bonchev–Trinajstić information content (AvgIpc) is 3.62. The molecule has 0 amide bonds. The predicted octanol–water partition coefficient (Wildman–Crippen LogP) is 14.9. The zero-order valence-electron chi connectivity index (χ0n) is 30.8. The highest BCUT2D eigenvalue weighted by Crippen LogP contribution is 2.43. The molecule has 10 rings (SSSR count). The van der Waals surface area contributed by atoms with Crippen LogP contribution in [0.15, 0.2) is 231 Å². The number of nitrogens with zero attached hydrogens (tertiary/aromatic N) is 2. The summed E-state index contributed by atoms with van der Waals surface area (Å²) in [4.78, 5) is 2.39. The second-order valence-electron chi connectivity index (χ2n) is 14.1. The van der Waals surface area contributed by atoms with Gasteiger partial charge >= 0.3 is 0 Å². The predicted molar refractivity (Wildman–Crippen MR) is 237 cm³/mol. The van der Waals surface area contributed by atoms with Crippen molar-refractivity contribution in [1.82, 2.24) is 4.57 Å². The lowest BCUT2D eigenvalue weighted by molar-refractivity contribution is 1.18. The van der Waals surface area contributed by atoms with Crippen LogP contribution in [0.3, 0.4) is 0 Å². The van der Waals surface area contributed by atoms with E-state index in [-0.39, 0.29) is 0 Å². The quantitative estimate of drug-likeness (QED) is 0.152. The first-order chi connectivity index (χ1) is 27.8. The highest BCUT2D eigenvalue weighted by Gasteiger charge is 2.19. The number of para-hydroxylation sites is 3. The minimum absolute atomic E-state index is 1.09. The summed E-state index contributed by atoms with van der Waals surface area (Å²) < 4.78 is 2.37. The Balaban J connectivity index is 1.07. The van der Waals surface area contributed by atoms with Crippen molar-refractivity contribution in [3.8, 4) is 50.2 Å². The number of aromatic nitrogens is 1. The Morgan fingerprint density at radius 3 is 1.21 bits per heavy atom. The second kappa shape index (κ2) is 14.4. The van der Waals surface area contributed by atoms with E-state index in [0.29, 0.717) is 0 Å². The minimum atomic E-state index is 1.09. The fourth-order valence-electron chi connectivity index (χ4n) is 8.16. The number of benzene rings is 9. The van der Waals surface area contributed by atoms with Gasteiger partial charge in [0.2, 0.25) is 0 Å². The molecule has 1 heterocycles. The molecule has 10 aromatic rings. The third-order valence-corrected chi connectivity index (χ3v) is 10.8. The molecule has 56 heavy (non-hydrogen) atoms. The van der Waals surface area contributed by atoms with Gasteiger partial charge in [0.25, 0.3) is 0 Å². The van der Waals surface area contributed by atoms with Crippen LogP contribution in [-0.2, 0) is 0 Å². The van der Waals surface area contributed by atoms with Crippen molar-refractivity contribution in [3.05, 3.63) is 231 Å². The van der Waals surface area contributed by atoms with E-state index in [4.69, 9.17) is 0 Å². The molecule has 0 aliphatic heterocycles. The number of hydrogen-bond donors (Lipinski definition) is 0. The summed E-state index contributed by atoms with van der Waals surface area (Å²) in [5.41, 5.74) is 16.4.